The molecule has 1 fully saturated rings. The van der Waals surface area contributed by atoms with Gasteiger partial charge in [-0.05, 0) is 25.7 Å². The molecule has 0 aromatic heterocycles. The smallest absolute Gasteiger partial charge is 0.0647 e. The van der Waals surface area contributed by atoms with Crippen LogP contribution in [0.1, 0.15) is 32.6 Å². The molecule has 1 aliphatic rings. The highest BCUT2D eigenvalue weighted by molar-refractivity contribution is 4.86. The molecule has 0 aliphatic carbocycles. The predicted molar refractivity (Wildman–Crippen MR) is 67.6 cm³/mol. The summed E-state index contributed by atoms with van der Waals surface area (Å²) in [6.45, 7) is 9.21. The van der Waals surface area contributed by atoms with Gasteiger partial charge in [0, 0.05) is 5.41 Å². The van der Waals surface area contributed by atoms with Gasteiger partial charge in [-0.25, -0.2) is 0 Å². The lowest BCUT2D eigenvalue weighted by atomic mass is 9.84. The highest BCUT2D eigenvalue weighted by atomic mass is 16.5. The van der Waals surface area contributed by atoms with E-state index in [0.717, 1.165) is 45.7 Å². The molecule has 0 N–H and O–H groups in total. The van der Waals surface area contributed by atoms with E-state index in [1.54, 1.807) is 0 Å². The van der Waals surface area contributed by atoms with E-state index in [2.05, 4.69) is 25.7 Å². The molecule has 0 bridgehead atoms. The molecule has 0 aromatic rings. The van der Waals surface area contributed by atoms with Crippen molar-refractivity contribution in [3.05, 3.63) is 24.8 Å². The van der Waals surface area contributed by atoms with Gasteiger partial charge in [0.1, 0.15) is 0 Å². The molecule has 0 saturated carbocycles. The third kappa shape index (κ3) is 4.50. The number of allylic oxidation sites excluding steroid dienone is 2. The van der Waals surface area contributed by atoms with Crippen molar-refractivity contribution in [3.8, 4) is 0 Å². The second-order valence-corrected chi connectivity index (χ2v) is 4.55. The van der Waals surface area contributed by atoms with Gasteiger partial charge < -0.3 is 9.47 Å². The Labute approximate surface area is 99.3 Å². The maximum Gasteiger partial charge on any atom is 0.0647 e. The number of hydrogen-bond acceptors (Lipinski definition) is 2. The molecule has 1 rings (SSSR count). The molecule has 0 radical (unpaired) electrons. The monoisotopic (exact) mass is 224 g/mol. The van der Waals surface area contributed by atoms with Crippen LogP contribution < -0.4 is 0 Å². The van der Waals surface area contributed by atoms with Crippen molar-refractivity contribution in [1.82, 2.24) is 0 Å². The van der Waals surface area contributed by atoms with Gasteiger partial charge in [0.25, 0.3) is 0 Å². The van der Waals surface area contributed by atoms with Crippen molar-refractivity contribution in [2.24, 2.45) is 5.41 Å². The zero-order chi connectivity index (χ0) is 11.7. The first-order chi connectivity index (χ1) is 7.83. The quantitative estimate of drug-likeness (QED) is 0.442. The van der Waals surface area contributed by atoms with E-state index in [0.29, 0.717) is 5.41 Å². The topological polar surface area (TPSA) is 18.5 Å². The number of unbranched alkanes of at least 4 members (excludes halogenated alkanes) is 2. The van der Waals surface area contributed by atoms with E-state index in [4.69, 9.17) is 9.47 Å². The summed E-state index contributed by atoms with van der Waals surface area (Å²) in [6.07, 6.45) is 10.8. The average Bonchev–Trinajstić information content (AvgIpc) is 2.25. The minimum Gasteiger partial charge on any atom is -0.380 e. The van der Waals surface area contributed by atoms with Crippen LogP contribution in [0.4, 0.5) is 0 Å². The van der Waals surface area contributed by atoms with E-state index in [-0.39, 0.29) is 0 Å². The first-order valence-corrected chi connectivity index (χ1v) is 6.24. The standard InChI is InChI=1S/C14H24O2/c1-3-5-6-7-8-9-10-15-11-14(4-2)12-16-13-14/h3,8-9H,1,4-7,10-13H2,2H3/b9-8+. The van der Waals surface area contributed by atoms with Gasteiger partial charge in [-0.15, -0.1) is 6.58 Å². The van der Waals surface area contributed by atoms with Gasteiger partial charge in [-0.2, -0.15) is 0 Å². The number of ether oxygens (including phenoxy) is 2. The Kier molecular flexibility index (Phi) is 6.43. The summed E-state index contributed by atoms with van der Waals surface area (Å²) in [6, 6.07) is 0. The fraction of sp³-hybridized carbons (Fsp3) is 0.714. The largest absolute Gasteiger partial charge is 0.380 e. The van der Waals surface area contributed by atoms with Crippen molar-refractivity contribution in [2.75, 3.05) is 26.4 Å². The molecule has 0 amide bonds. The maximum absolute atomic E-state index is 5.65. The predicted octanol–water partition coefficient (Wildman–Crippen LogP) is 3.34. The van der Waals surface area contributed by atoms with Crippen LogP contribution in [0.2, 0.25) is 0 Å². The van der Waals surface area contributed by atoms with Crippen LogP contribution >= 0.6 is 0 Å². The Balaban J connectivity index is 1.96. The summed E-state index contributed by atoms with van der Waals surface area (Å²) in [5.41, 5.74) is 0.316. The van der Waals surface area contributed by atoms with Crippen LogP contribution in [0.3, 0.4) is 0 Å². The summed E-state index contributed by atoms with van der Waals surface area (Å²) in [5.74, 6) is 0. The van der Waals surface area contributed by atoms with Gasteiger partial charge in [-0.1, -0.05) is 25.2 Å². The van der Waals surface area contributed by atoms with E-state index in [1.807, 2.05) is 6.08 Å². The molecule has 0 aromatic carbocycles. The summed E-state index contributed by atoms with van der Waals surface area (Å²) < 4.78 is 10.9. The van der Waals surface area contributed by atoms with Crippen LogP contribution in [0, 0.1) is 5.41 Å². The molecule has 92 valence electrons. The lowest BCUT2D eigenvalue weighted by molar-refractivity contribution is -0.147. The van der Waals surface area contributed by atoms with Crippen molar-refractivity contribution in [2.45, 2.75) is 32.6 Å². The zero-order valence-electron chi connectivity index (χ0n) is 10.4. The molecular formula is C14H24O2. The molecule has 16 heavy (non-hydrogen) atoms. The molecule has 1 heterocycles. The van der Waals surface area contributed by atoms with Crippen LogP contribution in [-0.4, -0.2) is 26.4 Å². The normalized spacial score (nSPS) is 18.6. The highest BCUT2D eigenvalue weighted by Crippen LogP contribution is 2.31. The van der Waals surface area contributed by atoms with Gasteiger partial charge in [0.15, 0.2) is 0 Å². The summed E-state index contributed by atoms with van der Waals surface area (Å²) in [7, 11) is 0. The molecule has 2 heteroatoms. The minimum absolute atomic E-state index is 0.316. The second-order valence-electron chi connectivity index (χ2n) is 4.55. The molecular weight excluding hydrogens is 200 g/mol. The Bertz CT molecular complexity index is 211. The summed E-state index contributed by atoms with van der Waals surface area (Å²) in [5, 5.41) is 0. The molecule has 1 aliphatic heterocycles. The van der Waals surface area contributed by atoms with Gasteiger partial charge in [0.2, 0.25) is 0 Å². The Morgan fingerprint density at radius 3 is 2.69 bits per heavy atom. The van der Waals surface area contributed by atoms with E-state index in [1.165, 1.54) is 6.42 Å². The first kappa shape index (κ1) is 13.5. The molecule has 0 atom stereocenters. The second kappa shape index (κ2) is 7.64. The molecule has 0 spiro atoms. The lowest BCUT2D eigenvalue weighted by Gasteiger charge is -2.40. The van der Waals surface area contributed by atoms with Crippen LogP contribution in [-0.2, 0) is 9.47 Å². The van der Waals surface area contributed by atoms with Crippen molar-refractivity contribution in [3.63, 3.8) is 0 Å². The number of hydrogen-bond donors (Lipinski definition) is 0. The third-order valence-corrected chi connectivity index (χ3v) is 3.13. The van der Waals surface area contributed by atoms with Crippen LogP contribution in [0.15, 0.2) is 24.8 Å². The minimum atomic E-state index is 0.316. The Hall–Kier alpha value is -0.600. The maximum atomic E-state index is 5.65. The number of rotatable bonds is 9. The van der Waals surface area contributed by atoms with Crippen molar-refractivity contribution >= 4 is 0 Å². The van der Waals surface area contributed by atoms with Crippen LogP contribution in [0.5, 0.6) is 0 Å². The van der Waals surface area contributed by atoms with Gasteiger partial charge >= 0.3 is 0 Å². The average molecular weight is 224 g/mol. The Morgan fingerprint density at radius 1 is 1.31 bits per heavy atom. The molecule has 1 saturated heterocycles. The third-order valence-electron chi connectivity index (χ3n) is 3.13. The molecule has 2 nitrogen and oxygen atoms in total. The van der Waals surface area contributed by atoms with Crippen molar-refractivity contribution in [1.29, 1.82) is 0 Å². The fourth-order valence-electron chi connectivity index (χ4n) is 1.69. The van der Waals surface area contributed by atoms with E-state index >= 15 is 0 Å². The fourth-order valence-corrected chi connectivity index (χ4v) is 1.69. The Morgan fingerprint density at radius 2 is 2.12 bits per heavy atom. The zero-order valence-corrected chi connectivity index (χ0v) is 10.4. The summed E-state index contributed by atoms with van der Waals surface area (Å²) >= 11 is 0. The summed E-state index contributed by atoms with van der Waals surface area (Å²) in [4.78, 5) is 0. The molecule has 0 unspecified atom stereocenters. The lowest BCUT2D eigenvalue weighted by Crippen LogP contribution is -2.45. The SMILES string of the molecule is C=CCCC/C=C/COCC1(CC)COC1. The van der Waals surface area contributed by atoms with E-state index in [9.17, 15) is 0 Å². The van der Waals surface area contributed by atoms with Gasteiger partial charge in [0.05, 0.1) is 26.4 Å². The highest BCUT2D eigenvalue weighted by Gasteiger charge is 2.36. The van der Waals surface area contributed by atoms with Crippen LogP contribution in [0.25, 0.3) is 0 Å². The van der Waals surface area contributed by atoms with Gasteiger partial charge in [-0.3, -0.25) is 0 Å². The van der Waals surface area contributed by atoms with E-state index < -0.39 is 0 Å². The van der Waals surface area contributed by atoms with Crippen molar-refractivity contribution < 1.29 is 9.47 Å². The first-order valence-electron chi connectivity index (χ1n) is 6.24.